The Kier molecular flexibility index (Phi) is 14.2. The van der Waals surface area contributed by atoms with Crippen LogP contribution in [-0.4, -0.2) is 115 Å². The van der Waals surface area contributed by atoms with Gasteiger partial charge in [0.15, 0.2) is 0 Å². The molecule has 1 aliphatic heterocycles. The smallest absolute Gasteiger partial charge is 0.424 e. The summed E-state index contributed by atoms with van der Waals surface area (Å²) in [6, 6.07) is 4.17. The van der Waals surface area contributed by atoms with Crippen LogP contribution in [0.15, 0.2) is 43.0 Å². The van der Waals surface area contributed by atoms with Gasteiger partial charge in [-0.15, -0.1) is 6.58 Å². The molecule has 0 bridgehead atoms. The van der Waals surface area contributed by atoms with Crippen molar-refractivity contribution < 1.29 is 41.9 Å². The number of carbonyl (C=O) groups excluding carboxylic acids is 6. The van der Waals surface area contributed by atoms with E-state index in [1.807, 2.05) is 34.6 Å². The highest BCUT2D eigenvalue weighted by atomic mass is 32.2. The number of nitrogens with one attached hydrogen (secondary N) is 4. The number of Topliss-reactive ketones (excluding diaryl/α,β-unsaturated/α-hetero) is 1. The summed E-state index contributed by atoms with van der Waals surface area (Å²) in [5, 5.41) is 11.0. The molecule has 3 aliphatic rings. The number of hydrogen-bond donors (Lipinski definition) is 4. The Hall–Kier alpha value is -4.51. The van der Waals surface area contributed by atoms with Crippen molar-refractivity contribution in [1.82, 2.24) is 34.8 Å². The third-order valence-electron chi connectivity index (χ3n) is 11.7. The maximum Gasteiger partial charge on any atom is 0.424 e. The van der Waals surface area contributed by atoms with Gasteiger partial charge in [0.1, 0.15) is 18.7 Å². The molecule has 322 valence electrons. The van der Waals surface area contributed by atoms with Gasteiger partial charge in [-0.25, -0.2) is 9.59 Å². The van der Waals surface area contributed by atoms with Crippen LogP contribution in [0.3, 0.4) is 0 Å². The Labute approximate surface area is 343 Å². The van der Waals surface area contributed by atoms with Gasteiger partial charge in [0.25, 0.3) is 5.91 Å². The molecule has 1 heterocycles. The van der Waals surface area contributed by atoms with Crippen LogP contribution in [0.2, 0.25) is 0 Å². The Morgan fingerprint density at radius 1 is 0.966 bits per heavy atom. The topological polar surface area (TPSA) is 204 Å². The molecule has 0 aromatic heterocycles. The number of likely N-dealkylation sites (tertiary alicyclic amines) is 1. The highest BCUT2D eigenvalue weighted by Crippen LogP contribution is 2.65. The number of urea groups is 1. The van der Waals surface area contributed by atoms with Crippen LogP contribution in [-0.2, 0) is 40.7 Å². The van der Waals surface area contributed by atoms with Gasteiger partial charge in [0.2, 0.25) is 17.6 Å². The second kappa shape index (κ2) is 17.8. The van der Waals surface area contributed by atoms with E-state index in [0.29, 0.717) is 16.3 Å². The van der Waals surface area contributed by atoms with Gasteiger partial charge in [-0.05, 0) is 46.0 Å². The van der Waals surface area contributed by atoms with Crippen LogP contribution >= 0.6 is 0 Å². The lowest BCUT2D eigenvalue weighted by Crippen LogP contribution is -2.63. The van der Waals surface area contributed by atoms with E-state index in [0.717, 1.165) is 24.2 Å². The molecular weight excluding hydrogens is 767 g/mol. The Morgan fingerprint density at radius 3 is 2.14 bits per heavy atom. The summed E-state index contributed by atoms with van der Waals surface area (Å²) in [4.78, 5) is 82.7. The summed E-state index contributed by atoms with van der Waals surface area (Å²) >= 11 is 0. The second-order valence-electron chi connectivity index (χ2n) is 18.6. The fourth-order valence-corrected chi connectivity index (χ4v) is 8.54. The number of nitrogens with zero attached hydrogens (tertiary/aromatic N) is 3. The average Bonchev–Trinajstić information content (AvgIpc) is 4.00. The van der Waals surface area contributed by atoms with E-state index in [1.165, 1.54) is 18.0 Å². The van der Waals surface area contributed by atoms with Crippen molar-refractivity contribution in [3.8, 4) is 0 Å². The SMILES string of the molecule is C=CCNC(=O)C(=O)C(CC1CC1)NC(=O)[C@@H]1[C@@H]2[C@H](CN1C(=O)[C@@H](NC(=O)N[C@H](CN(C)S(=O)(=O)N(C)C(=O)OCc1ccccc1)C(C)(C)C)C(C)(C)C)C2(C)C. The molecule has 1 aromatic rings. The number of piperidine rings is 1. The van der Waals surface area contributed by atoms with E-state index in [1.54, 1.807) is 51.1 Å². The predicted molar refractivity (Wildman–Crippen MR) is 218 cm³/mol. The number of hydrogen-bond acceptors (Lipinski definition) is 9. The third kappa shape index (κ3) is 10.9. The fourth-order valence-electron chi connectivity index (χ4n) is 7.55. The van der Waals surface area contributed by atoms with Crippen molar-refractivity contribution in [1.29, 1.82) is 0 Å². The molecule has 6 amide bonds. The van der Waals surface area contributed by atoms with Crippen molar-refractivity contribution in [3.63, 3.8) is 0 Å². The maximum atomic E-state index is 14.6. The first-order valence-electron chi connectivity index (χ1n) is 19.8. The Balaban J connectivity index is 1.48. The van der Waals surface area contributed by atoms with Gasteiger partial charge in [0.05, 0.1) is 6.04 Å². The molecule has 0 radical (unpaired) electrons. The van der Waals surface area contributed by atoms with Crippen LogP contribution < -0.4 is 21.3 Å². The number of likely N-dealkylation sites (N-methyl/N-ethyl adjacent to an activating group) is 1. The van der Waals surface area contributed by atoms with Gasteiger partial charge in [-0.2, -0.15) is 17.0 Å². The van der Waals surface area contributed by atoms with Gasteiger partial charge in [0, 0.05) is 39.8 Å². The highest BCUT2D eigenvalue weighted by Gasteiger charge is 2.70. The molecular formula is C41H63N7O9S. The van der Waals surface area contributed by atoms with E-state index in [2.05, 4.69) is 27.8 Å². The van der Waals surface area contributed by atoms with Crippen molar-refractivity contribution in [2.45, 2.75) is 105 Å². The van der Waals surface area contributed by atoms with Crippen LogP contribution in [0.1, 0.15) is 80.2 Å². The van der Waals surface area contributed by atoms with Crippen LogP contribution in [0.25, 0.3) is 0 Å². The minimum absolute atomic E-state index is 0.00614. The van der Waals surface area contributed by atoms with E-state index in [4.69, 9.17) is 4.74 Å². The summed E-state index contributed by atoms with van der Waals surface area (Å²) in [6.07, 6.45) is 2.48. The maximum absolute atomic E-state index is 14.6. The lowest BCUT2D eigenvalue weighted by molar-refractivity contribution is -0.145. The molecule has 2 aliphatic carbocycles. The average molecular weight is 830 g/mol. The molecule has 4 rings (SSSR count). The molecule has 1 saturated heterocycles. The minimum Gasteiger partial charge on any atom is -0.444 e. The molecule has 58 heavy (non-hydrogen) atoms. The summed E-state index contributed by atoms with van der Waals surface area (Å²) in [5.74, 6) is -2.56. The van der Waals surface area contributed by atoms with Crippen LogP contribution in [0.5, 0.6) is 0 Å². The van der Waals surface area contributed by atoms with E-state index in [-0.39, 0.29) is 49.4 Å². The largest absolute Gasteiger partial charge is 0.444 e. The second-order valence-corrected chi connectivity index (χ2v) is 20.7. The Morgan fingerprint density at radius 2 is 1.59 bits per heavy atom. The zero-order valence-corrected chi connectivity index (χ0v) is 36.4. The summed E-state index contributed by atoms with van der Waals surface area (Å²) in [7, 11) is -2.00. The number of rotatable bonds is 17. The number of carbonyl (C=O) groups is 6. The monoisotopic (exact) mass is 829 g/mol. The lowest BCUT2D eigenvalue weighted by atomic mass is 9.85. The number of amides is 6. The molecule has 1 unspecified atom stereocenters. The fraction of sp³-hybridized carbons (Fsp3) is 0.659. The quantitative estimate of drug-likeness (QED) is 0.134. The van der Waals surface area contributed by atoms with Gasteiger partial charge >= 0.3 is 22.3 Å². The first-order valence-corrected chi connectivity index (χ1v) is 21.2. The number of benzene rings is 1. The third-order valence-corrected chi connectivity index (χ3v) is 13.4. The minimum atomic E-state index is -4.38. The number of ketones is 1. The molecule has 0 spiro atoms. The summed E-state index contributed by atoms with van der Waals surface area (Å²) in [5.41, 5.74) is -1.11. The molecule has 17 heteroatoms. The first-order chi connectivity index (χ1) is 26.8. The van der Waals surface area contributed by atoms with Gasteiger partial charge in [-0.3, -0.25) is 19.2 Å². The molecule has 3 fully saturated rings. The van der Waals surface area contributed by atoms with Crippen molar-refractivity contribution >= 4 is 45.8 Å². The summed E-state index contributed by atoms with van der Waals surface area (Å²) < 4.78 is 33.6. The van der Waals surface area contributed by atoms with Crippen LogP contribution in [0, 0.1) is 34.0 Å². The van der Waals surface area contributed by atoms with E-state index >= 15 is 0 Å². The summed E-state index contributed by atoms with van der Waals surface area (Å²) in [6.45, 7) is 18.4. The Bertz CT molecular complexity index is 1840. The van der Waals surface area contributed by atoms with Crippen molar-refractivity contribution in [2.24, 2.45) is 34.0 Å². The highest BCUT2D eigenvalue weighted by molar-refractivity contribution is 7.87. The predicted octanol–water partition coefficient (Wildman–Crippen LogP) is 3.20. The van der Waals surface area contributed by atoms with E-state index in [9.17, 15) is 37.2 Å². The number of fused-ring (bicyclic) bond motifs is 1. The normalized spacial score (nSPS) is 21.4. The molecule has 2 saturated carbocycles. The van der Waals surface area contributed by atoms with Gasteiger partial charge < -0.3 is 30.9 Å². The standard InChI is InChI=1S/C41H63N7O9S/c1-12-20-42-35(51)32(49)28(21-25-18-19-25)43-34(50)31-30-27(41(30,8)9)22-48(31)36(52)33(40(5,6)7)45-37(53)44-29(39(2,3)4)23-46(10)58(55,56)47(11)38(54)57-24-26-16-14-13-15-17-26/h12-17,25,27-31,33H,1,18-24H2,2-11H3,(H,42,51)(H,43,50)(H2,44,45,53)/t27-,28?,29+,30-,31-,33+/m0/s1. The molecule has 4 N–H and O–H groups in total. The van der Waals surface area contributed by atoms with Crippen molar-refractivity contribution in [2.75, 3.05) is 33.7 Å². The lowest BCUT2D eigenvalue weighted by Gasteiger charge is -2.39. The molecule has 16 nitrogen and oxygen atoms in total. The van der Waals surface area contributed by atoms with Gasteiger partial charge in [-0.1, -0.05) is 105 Å². The van der Waals surface area contributed by atoms with E-state index < -0.39 is 80.8 Å². The van der Waals surface area contributed by atoms with Crippen molar-refractivity contribution in [3.05, 3.63) is 48.6 Å². The zero-order valence-electron chi connectivity index (χ0n) is 35.6. The zero-order chi connectivity index (χ0) is 43.5. The molecule has 1 aromatic carbocycles. The molecule has 6 atom stereocenters. The first kappa shape index (κ1) is 46.2. The number of ether oxygens (including phenoxy) is 1. The van der Waals surface area contributed by atoms with Crippen LogP contribution in [0.4, 0.5) is 9.59 Å².